The second kappa shape index (κ2) is 8.90. The number of halogens is 1. The minimum absolute atomic E-state index is 0.159. The van der Waals surface area contributed by atoms with Gasteiger partial charge in [-0.15, -0.1) is 5.10 Å². The van der Waals surface area contributed by atoms with Crippen molar-refractivity contribution >= 4 is 11.9 Å². The van der Waals surface area contributed by atoms with E-state index in [-0.39, 0.29) is 23.6 Å². The first-order valence-corrected chi connectivity index (χ1v) is 9.44. The Labute approximate surface area is 162 Å². The Balaban J connectivity index is 1.81. The normalized spacial score (nSPS) is 18.0. The van der Waals surface area contributed by atoms with Gasteiger partial charge in [-0.25, -0.2) is 9.07 Å². The molecule has 1 saturated heterocycles. The van der Waals surface area contributed by atoms with Crippen LogP contribution < -0.4 is 0 Å². The van der Waals surface area contributed by atoms with E-state index in [1.165, 1.54) is 16.8 Å². The molecular weight excluding hydrogens is 365 g/mol. The lowest BCUT2D eigenvalue weighted by molar-refractivity contribution is -0.151. The molecule has 3 rings (SSSR count). The lowest BCUT2D eigenvalue weighted by atomic mass is 9.96. The van der Waals surface area contributed by atoms with E-state index in [1.807, 2.05) is 0 Å². The fraction of sp³-hybridized carbons (Fsp3) is 0.526. The highest BCUT2D eigenvalue weighted by atomic mass is 19.1. The lowest BCUT2D eigenvalue weighted by Crippen LogP contribution is -2.46. The zero-order valence-corrected chi connectivity index (χ0v) is 16.0. The average Bonchev–Trinajstić information content (AvgIpc) is 3.13. The smallest absolute Gasteiger partial charge is 0.310 e. The summed E-state index contributed by atoms with van der Waals surface area (Å²) in [4.78, 5) is 27.1. The Kier molecular flexibility index (Phi) is 6.33. The minimum atomic E-state index is -0.665. The third-order valence-electron chi connectivity index (χ3n) is 4.93. The summed E-state index contributed by atoms with van der Waals surface area (Å²) in [6.45, 7) is 4.69. The van der Waals surface area contributed by atoms with E-state index in [2.05, 4.69) is 15.5 Å². The van der Waals surface area contributed by atoms with Gasteiger partial charge in [-0.05, 0) is 54.8 Å². The third kappa shape index (κ3) is 4.52. The van der Waals surface area contributed by atoms with Gasteiger partial charge in [0.1, 0.15) is 17.7 Å². The van der Waals surface area contributed by atoms with Gasteiger partial charge in [-0.2, -0.15) is 0 Å². The van der Waals surface area contributed by atoms with Crippen LogP contribution in [0.1, 0.15) is 37.2 Å². The number of tetrazole rings is 1. The number of aromatic nitrogens is 4. The van der Waals surface area contributed by atoms with Crippen LogP contribution in [0.4, 0.5) is 4.39 Å². The molecule has 0 N–H and O–H groups in total. The van der Waals surface area contributed by atoms with Gasteiger partial charge in [0.2, 0.25) is 5.91 Å². The summed E-state index contributed by atoms with van der Waals surface area (Å²) in [5.74, 6) is -0.570. The Morgan fingerprint density at radius 2 is 2.07 bits per heavy atom. The molecule has 2 heterocycles. The van der Waals surface area contributed by atoms with Crippen molar-refractivity contribution in [3.05, 3.63) is 41.5 Å². The number of piperidine rings is 1. The van der Waals surface area contributed by atoms with Gasteiger partial charge in [-0.1, -0.05) is 12.1 Å². The first kappa shape index (κ1) is 19.9. The first-order chi connectivity index (χ1) is 13.5. The van der Waals surface area contributed by atoms with Crippen molar-refractivity contribution in [3.63, 3.8) is 0 Å². The number of rotatable bonds is 6. The number of carbonyl (C=O) groups is 2. The number of aryl methyl sites for hydroxylation is 1. The van der Waals surface area contributed by atoms with Crippen molar-refractivity contribution in [3.8, 4) is 0 Å². The van der Waals surface area contributed by atoms with Crippen molar-refractivity contribution in [1.82, 2.24) is 25.1 Å². The summed E-state index contributed by atoms with van der Waals surface area (Å²) in [5.41, 5.74) is 0.800. The Morgan fingerprint density at radius 1 is 1.32 bits per heavy atom. The summed E-state index contributed by atoms with van der Waals surface area (Å²) in [6.07, 6.45) is 1.76. The number of benzene rings is 1. The van der Waals surface area contributed by atoms with E-state index >= 15 is 0 Å². The van der Waals surface area contributed by atoms with E-state index in [4.69, 9.17) is 4.74 Å². The molecule has 0 bridgehead atoms. The maximum absolute atomic E-state index is 13.3. The molecule has 0 spiro atoms. The molecule has 0 aliphatic carbocycles. The lowest BCUT2D eigenvalue weighted by Gasteiger charge is -2.34. The Bertz CT molecular complexity index is 823. The molecule has 1 aliphatic rings. The minimum Gasteiger partial charge on any atom is -0.466 e. The van der Waals surface area contributed by atoms with Gasteiger partial charge in [0.05, 0.1) is 12.5 Å². The number of hydrogen-bond acceptors (Lipinski definition) is 6. The number of esters is 1. The molecule has 1 aliphatic heterocycles. The summed E-state index contributed by atoms with van der Waals surface area (Å²) < 4.78 is 19.8. The van der Waals surface area contributed by atoms with Gasteiger partial charge in [0.15, 0.2) is 0 Å². The Morgan fingerprint density at radius 3 is 2.71 bits per heavy atom. The van der Waals surface area contributed by atoms with Crippen LogP contribution in [0, 0.1) is 18.7 Å². The van der Waals surface area contributed by atoms with Crippen LogP contribution in [0.15, 0.2) is 24.3 Å². The summed E-state index contributed by atoms with van der Waals surface area (Å²) in [5, 5.41) is 11.5. The number of amides is 1. The molecule has 1 amide bonds. The molecule has 0 unspecified atom stereocenters. The molecule has 1 fully saturated rings. The zero-order chi connectivity index (χ0) is 20.1. The van der Waals surface area contributed by atoms with Crippen molar-refractivity contribution in [2.45, 2.75) is 39.2 Å². The summed E-state index contributed by atoms with van der Waals surface area (Å²) >= 11 is 0. The molecule has 8 nitrogen and oxygen atoms in total. The number of likely N-dealkylation sites (tertiary alicyclic amines) is 1. The van der Waals surface area contributed by atoms with E-state index < -0.39 is 6.04 Å². The van der Waals surface area contributed by atoms with Crippen LogP contribution in [-0.4, -0.2) is 56.7 Å². The molecule has 1 aromatic heterocycles. The number of carbonyl (C=O) groups excluding carboxylic acids is 2. The number of hydrogen-bond donors (Lipinski definition) is 0. The van der Waals surface area contributed by atoms with Gasteiger partial charge in [0, 0.05) is 19.5 Å². The van der Waals surface area contributed by atoms with Crippen LogP contribution in [0.2, 0.25) is 0 Å². The molecule has 1 aromatic carbocycles. The largest absolute Gasteiger partial charge is 0.466 e. The fourth-order valence-electron chi connectivity index (χ4n) is 3.49. The molecule has 2 aromatic rings. The second-order valence-corrected chi connectivity index (χ2v) is 6.89. The topological polar surface area (TPSA) is 90.2 Å². The number of ether oxygens (including phenoxy) is 1. The second-order valence-electron chi connectivity index (χ2n) is 6.89. The zero-order valence-electron chi connectivity index (χ0n) is 16.0. The standard InChI is InChI=1S/C19H24FN5O3/c1-3-28-19(27)15-5-4-10-24(12-15)18(26)17(25-13(2)21-22-23-25)11-14-6-8-16(20)9-7-14/h6-9,15,17H,3-5,10-12H2,1-2H3/t15-,17-/m1/s1. The van der Waals surface area contributed by atoms with Crippen LogP contribution in [-0.2, 0) is 20.7 Å². The van der Waals surface area contributed by atoms with Crippen LogP contribution in [0.3, 0.4) is 0 Å². The molecule has 9 heteroatoms. The highest BCUT2D eigenvalue weighted by molar-refractivity contribution is 5.82. The molecule has 2 atom stereocenters. The van der Waals surface area contributed by atoms with Gasteiger partial charge < -0.3 is 9.64 Å². The predicted molar refractivity (Wildman–Crippen MR) is 97.6 cm³/mol. The predicted octanol–water partition coefficient (Wildman–Crippen LogP) is 1.71. The molecule has 150 valence electrons. The summed E-state index contributed by atoms with van der Waals surface area (Å²) in [6, 6.07) is 5.35. The van der Waals surface area contributed by atoms with Crippen molar-refractivity contribution in [1.29, 1.82) is 0 Å². The fourth-order valence-corrected chi connectivity index (χ4v) is 3.49. The van der Waals surface area contributed by atoms with Crippen molar-refractivity contribution in [2.24, 2.45) is 5.92 Å². The first-order valence-electron chi connectivity index (χ1n) is 9.44. The molecular formula is C19H24FN5O3. The van der Waals surface area contributed by atoms with E-state index in [0.717, 1.165) is 12.0 Å². The maximum Gasteiger partial charge on any atom is 0.310 e. The molecule has 0 saturated carbocycles. The van der Waals surface area contributed by atoms with Crippen LogP contribution in [0.5, 0.6) is 0 Å². The van der Waals surface area contributed by atoms with Crippen molar-refractivity contribution in [2.75, 3.05) is 19.7 Å². The van der Waals surface area contributed by atoms with E-state index in [9.17, 15) is 14.0 Å². The average molecular weight is 389 g/mol. The molecule has 0 radical (unpaired) electrons. The van der Waals surface area contributed by atoms with Crippen LogP contribution in [0.25, 0.3) is 0 Å². The highest BCUT2D eigenvalue weighted by Crippen LogP contribution is 2.23. The van der Waals surface area contributed by atoms with E-state index in [0.29, 0.717) is 38.4 Å². The third-order valence-corrected chi connectivity index (χ3v) is 4.93. The quantitative estimate of drug-likeness (QED) is 0.699. The monoisotopic (exact) mass is 389 g/mol. The SMILES string of the molecule is CCOC(=O)[C@@H]1CCCN(C(=O)[C@@H](Cc2ccc(F)cc2)n2nnnc2C)C1. The van der Waals surface area contributed by atoms with Gasteiger partial charge >= 0.3 is 5.97 Å². The van der Waals surface area contributed by atoms with Crippen molar-refractivity contribution < 1.29 is 18.7 Å². The van der Waals surface area contributed by atoms with Crippen LogP contribution >= 0.6 is 0 Å². The van der Waals surface area contributed by atoms with Gasteiger partial charge in [0.25, 0.3) is 0 Å². The highest BCUT2D eigenvalue weighted by Gasteiger charge is 2.34. The van der Waals surface area contributed by atoms with E-state index in [1.54, 1.807) is 30.9 Å². The molecule has 28 heavy (non-hydrogen) atoms. The van der Waals surface area contributed by atoms with Gasteiger partial charge in [-0.3, -0.25) is 9.59 Å². The number of nitrogens with zero attached hydrogens (tertiary/aromatic N) is 5. The maximum atomic E-state index is 13.3. The Hall–Kier alpha value is -2.84. The summed E-state index contributed by atoms with van der Waals surface area (Å²) in [7, 11) is 0.